The molecule has 0 spiro atoms. The number of anilines is 1. The van der Waals surface area contributed by atoms with Crippen molar-refractivity contribution in [3.8, 4) is 11.8 Å². The minimum Gasteiger partial charge on any atom is -0.497 e. The number of halogens is 2. The fourth-order valence-corrected chi connectivity index (χ4v) is 2.25. The van der Waals surface area contributed by atoms with Crippen LogP contribution in [0.15, 0.2) is 48.0 Å². The fraction of sp³-hybridized carbons (Fsp3) is 0.0588. The maximum Gasteiger partial charge on any atom is 0.266 e. The summed E-state index contributed by atoms with van der Waals surface area (Å²) in [6.07, 6.45) is 1.48. The molecule has 0 saturated carbocycles. The molecule has 0 aromatic heterocycles. The Hall–Kier alpha value is -2.48. The van der Waals surface area contributed by atoms with Gasteiger partial charge in [-0.2, -0.15) is 5.26 Å². The van der Waals surface area contributed by atoms with Gasteiger partial charge in [0.15, 0.2) is 0 Å². The Balaban J connectivity index is 2.20. The van der Waals surface area contributed by atoms with Gasteiger partial charge in [-0.15, -0.1) is 0 Å². The van der Waals surface area contributed by atoms with Gasteiger partial charge in [0.25, 0.3) is 5.91 Å². The first kappa shape index (κ1) is 16.9. The number of nitriles is 1. The molecule has 4 nitrogen and oxygen atoms in total. The van der Waals surface area contributed by atoms with E-state index in [1.54, 1.807) is 43.5 Å². The number of hydrogen-bond acceptors (Lipinski definition) is 3. The number of carbonyl (C=O) groups is 1. The summed E-state index contributed by atoms with van der Waals surface area (Å²) < 4.78 is 5.06. The molecule has 0 atom stereocenters. The Kier molecular flexibility index (Phi) is 5.64. The summed E-state index contributed by atoms with van der Waals surface area (Å²) >= 11 is 11.8. The van der Waals surface area contributed by atoms with Gasteiger partial charge in [0, 0.05) is 5.02 Å². The number of amides is 1. The second-order valence-corrected chi connectivity index (χ2v) is 5.36. The highest BCUT2D eigenvalue weighted by atomic mass is 35.5. The highest BCUT2D eigenvalue weighted by Gasteiger charge is 2.11. The third-order valence-corrected chi connectivity index (χ3v) is 3.52. The number of hydrogen-bond donors (Lipinski definition) is 1. The van der Waals surface area contributed by atoms with Crippen molar-refractivity contribution >= 4 is 40.9 Å². The van der Waals surface area contributed by atoms with E-state index in [1.165, 1.54) is 12.1 Å². The Bertz CT molecular complexity index is 793. The van der Waals surface area contributed by atoms with Crippen molar-refractivity contribution in [2.24, 2.45) is 0 Å². The highest BCUT2D eigenvalue weighted by Crippen LogP contribution is 2.26. The lowest BCUT2D eigenvalue weighted by Crippen LogP contribution is -2.13. The third-order valence-electron chi connectivity index (χ3n) is 2.97. The van der Waals surface area contributed by atoms with Crippen molar-refractivity contribution in [2.45, 2.75) is 0 Å². The molecule has 6 heteroatoms. The van der Waals surface area contributed by atoms with E-state index in [2.05, 4.69) is 5.32 Å². The minimum atomic E-state index is -0.549. The van der Waals surface area contributed by atoms with E-state index in [-0.39, 0.29) is 5.57 Å². The van der Waals surface area contributed by atoms with Gasteiger partial charge in [0.05, 0.1) is 17.8 Å². The van der Waals surface area contributed by atoms with Crippen molar-refractivity contribution < 1.29 is 9.53 Å². The topological polar surface area (TPSA) is 62.1 Å². The monoisotopic (exact) mass is 346 g/mol. The predicted molar refractivity (Wildman–Crippen MR) is 91.7 cm³/mol. The van der Waals surface area contributed by atoms with Crippen molar-refractivity contribution in [2.75, 3.05) is 12.4 Å². The molecule has 0 radical (unpaired) electrons. The van der Waals surface area contributed by atoms with Crippen molar-refractivity contribution in [3.63, 3.8) is 0 Å². The lowest BCUT2D eigenvalue weighted by atomic mass is 10.1. The van der Waals surface area contributed by atoms with Crippen LogP contribution in [0.1, 0.15) is 5.56 Å². The number of benzene rings is 2. The number of methoxy groups -OCH3 is 1. The molecule has 0 bridgehead atoms. The van der Waals surface area contributed by atoms with Crippen LogP contribution in [0.25, 0.3) is 6.08 Å². The first-order valence-electron chi connectivity index (χ1n) is 6.55. The van der Waals surface area contributed by atoms with Crippen LogP contribution < -0.4 is 10.1 Å². The molecule has 2 rings (SSSR count). The van der Waals surface area contributed by atoms with Gasteiger partial charge in [-0.25, -0.2) is 0 Å². The molecule has 0 unspecified atom stereocenters. The molecule has 1 amide bonds. The van der Waals surface area contributed by atoms with E-state index in [9.17, 15) is 10.1 Å². The zero-order valence-corrected chi connectivity index (χ0v) is 13.7. The van der Waals surface area contributed by atoms with E-state index >= 15 is 0 Å². The van der Waals surface area contributed by atoms with Crippen LogP contribution in [0.5, 0.6) is 5.75 Å². The van der Waals surface area contributed by atoms with Crippen molar-refractivity contribution in [3.05, 3.63) is 63.6 Å². The number of nitrogens with one attached hydrogen (secondary N) is 1. The Morgan fingerprint density at radius 1 is 1.22 bits per heavy atom. The highest BCUT2D eigenvalue weighted by molar-refractivity contribution is 6.36. The molecule has 2 aromatic rings. The number of nitrogens with zero attached hydrogens (tertiary/aromatic N) is 1. The van der Waals surface area contributed by atoms with Gasteiger partial charge in [-0.3, -0.25) is 4.79 Å². The van der Waals surface area contributed by atoms with E-state index in [1.807, 2.05) is 6.07 Å². The molecule has 116 valence electrons. The van der Waals surface area contributed by atoms with Crippen LogP contribution in [0.2, 0.25) is 10.0 Å². The number of ether oxygens (including phenoxy) is 1. The summed E-state index contributed by atoms with van der Waals surface area (Å²) in [5.74, 6) is 0.144. The number of rotatable bonds is 4. The van der Waals surface area contributed by atoms with Gasteiger partial charge >= 0.3 is 0 Å². The molecule has 0 heterocycles. The van der Waals surface area contributed by atoms with Gasteiger partial charge in [-0.05, 0) is 42.0 Å². The molecular formula is C17H12Cl2N2O2. The van der Waals surface area contributed by atoms with E-state index < -0.39 is 5.91 Å². The maximum absolute atomic E-state index is 12.2. The number of carbonyl (C=O) groups excluding carboxylic acids is 1. The molecule has 2 aromatic carbocycles. The predicted octanol–water partition coefficient (Wildman–Crippen LogP) is 4.55. The lowest BCUT2D eigenvalue weighted by Gasteiger charge is -2.07. The van der Waals surface area contributed by atoms with Gasteiger partial charge in [0.2, 0.25) is 0 Å². The van der Waals surface area contributed by atoms with E-state index in [0.29, 0.717) is 27.0 Å². The Morgan fingerprint density at radius 3 is 2.48 bits per heavy atom. The maximum atomic E-state index is 12.2. The molecule has 0 saturated heterocycles. The Morgan fingerprint density at radius 2 is 1.91 bits per heavy atom. The molecule has 1 N–H and O–H groups in total. The summed E-state index contributed by atoms with van der Waals surface area (Å²) in [6, 6.07) is 13.6. The van der Waals surface area contributed by atoms with Gasteiger partial charge in [-0.1, -0.05) is 35.3 Å². The van der Waals surface area contributed by atoms with Gasteiger partial charge < -0.3 is 10.1 Å². The van der Waals surface area contributed by atoms with Crippen molar-refractivity contribution in [1.82, 2.24) is 0 Å². The van der Waals surface area contributed by atoms with E-state index in [0.717, 1.165) is 0 Å². The zero-order chi connectivity index (χ0) is 16.8. The summed E-state index contributed by atoms with van der Waals surface area (Å²) in [6.45, 7) is 0. The summed E-state index contributed by atoms with van der Waals surface area (Å²) in [4.78, 5) is 12.2. The van der Waals surface area contributed by atoms with Crippen molar-refractivity contribution in [1.29, 1.82) is 5.26 Å². The van der Waals surface area contributed by atoms with Crippen LogP contribution in [-0.2, 0) is 4.79 Å². The first-order valence-corrected chi connectivity index (χ1v) is 7.31. The van der Waals surface area contributed by atoms with Crippen LogP contribution in [0.4, 0.5) is 5.69 Å². The molecule has 23 heavy (non-hydrogen) atoms. The van der Waals surface area contributed by atoms with E-state index in [4.69, 9.17) is 27.9 Å². The van der Waals surface area contributed by atoms with Gasteiger partial charge in [0.1, 0.15) is 17.4 Å². The molecular weight excluding hydrogens is 335 g/mol. The standard InChI is InChI=1S/C17H12Cl2N2O2/c1-23-14-5-2-11(3-6-14)8-12(10-20)17(22)21-16-7-4-13(18)9-15(16)19/h2-9H,1H3,(H,21,22). The molecule has 0 aliphatic carbocycles. The molecule has 0 aliphatic rings. The second-order valence-electron chi connectivity index (χ2n) is 4.52. The Labute approximate surface area is 143 Å². The minimum absolute atomic E-state index is 0.0406. The second kappa shape index (κ2) is 7.68. The zero-order valence-electron chi connectivity index (χ0n) is 12.1. The van der Waals surface area contributed by atoms with Crippen LogP contribution >= 0.6 is 23.2 Å². The molecule has 0 aliphatic heterocycles. The third kappa shape index (κ3) is 4.49. The van der Waals surface area contributed by atoms with Crippen LogP contribution in [0, 0.1) is 11.3 Å². The average Bonchev–Trinajstić information content (AvgIpc) is 2.55. The smallest absolute Gasteiger partial charge is 0.266 e. The quantitative estimate of drug-likeness (QED) is 0.652. The normalized spacial score (nSPS) is 10.8. The lowest BCUT2D eigenvalue weighted by molar-refractivity contribution is -0.112. The SMILES string of the molecule is COc1ccc(C=C(C#N)C(=O)Nc2ccc(Cl)cc2Cl)cc1. The van der Waals surface area contributed by atoms with Crippen LogP contribution in [-0.4, -0.2) is 13.0 Å². The fourth-order valence-electron chi connectivity index (χ4n) is 1.80. The summed E-state index contributed by atoms with van der Waals surface area (Å²) in [5, 5.41) is 12.5. The van der Waals surface area contributed by atoms with Crippen LogP contribution in [0.3, 0.4) is 0 Å². The summed E-state index contributed by atoms with van der Waals surface area (Å²) in [7, 11) is 1.56. The average molecular weight is 347 g/mol. The largest absolute Gasteiger partial charge is 0.497 e. The summed E-state index contributed by atoms with van der Waals surface area (Å²) in [5.41, 5.74) is 1.05. The molecule has 0 fully saturated rings. The first-order chi connectivity index (χ1) is 11.0.